The van der Waals surface area contributed by atoms with E-state index in [4.69, 9.17) is 0 Å². The number of rotatable bonds is 5. The Labute approximate surface area is 157 Å². The Hall–Kier alpha value is -1.84. The smallest absolute Gasteiger partial charge is 0.257 e. The molecule has 3 rings (SSSR count). The first kappa shape index (κ1) is 18.9. The Morgan fingerprint density at radius 1 is 1.27 bits per heavy atom. The Morgan fingerprint density at radius 3 is 2.62 bits per heavy atom. The van der Waals surface area contributed by atoms with Crippen molar-refractivity contribution in [3.63, 3.8) is 0 Å². The lowest BCUT2D eigenvalue weighted by molar-refractivity contribution is 0.102. The van der Waals surface area contributed by atoms with Gasteiger partial charge in [0.1, 0.15) is 5.01 Å². The third-order valence-electron chi connectivity index (χ3n) is 4.45. The van der Waals surface area contributed by atoms with Gasteiger partial charge in [-0.15, -0.1) is 10.2 Å². The SMILES string of the molecule is CCc1nnc(NC(=O)c2ccc(S(=O)(=O)N3CCCC[C@H]3C)cc2)s1. The number of hydrogen-bond acceptors (Lipinski definition) is 6. The molecule has 0 spiro atoms. The molecule has 0 unspecified atom stereocenters. The van der Waals surface area contributed by atoms with Crippen LogP contribution in [0.15, 0.2) is 29.2 Å². The van der Waals surface area contributed by atoms with E-state index in [0.29, 0.717) is 17.2 Å². The van der Waals surface area contributed by atoms with Crippen molar-refractivity contribution in [3.8, 4) is 0 Å². The number of amides is 1. The number of nitrogens with zero attached hydrogens (tertiary/aromatic N) is 3. The van der Waals surface area contributed by atoms with Crippen LogP contribution in [0, 0.1) is 0 Å². The summed E-state index contributed by atoms with van der Waals surface area (Å²) in [5, 5.41) is 11.8. The highest BCUT2D eigenvalue weighted by Crippen LogP contribution is 2.25. The van der Waals surface area contributed by atoms with Gasteiger partial charge in [-0.05, 0) is 50.5 Å². The number of sulfonamides is 1. The molecule has 1 aliphatic heterocycles. The number of aryl methyl sites for hydroxylation is 1. The van der Waals surface area contributed by atoms with E-state index in [1.54, 1.807) is 4.31 Å². The van der Waals surface area contributed by atoms with Crippen LogP contribution in [-0.4, -0.2) is 41.4 Å². The second kappa shape index (κ2) is 7.81. The number of aromatic nitrogens is 2. The van der Waals surface area contributed by atoms with Gasteiger partial charge in [-0.3, -0.25) is 10.1 Å². The van der Waals surface area contributed by atoms with Crippen LogP contribution in [0.25, 0.3) is 0 Å². The highest BCUT2D eigenvalue weighted by atomic mass is 32.2. The molecule has 2 heterocycles. The molecule has 1 N–H and O–H groups in total. The lowest BCUT2D eigenvalue weighted by atomic mass is 10.1. The lowest BCUT2D eigenvalue weighted by Gasteiger charge is -2.32. The summed E-state index contributed by atoms with van der Waals surface area (Å²) in [7, 11) is -3.53. The molecular weight excluding hydrogens is 372 g/mol. The minimum absolute atomic E-state index is 0.00175. The molecule has 26 heavy (non-hydrogen) atoms. The molecule has 1 atom stereocenters. The summed E-state index contributed by atoms with van der Waals surface area (Å²) in [6, 6.07) is 6.03. The summed E-state index contributed by atoms with van der Waals surface area (Å²) in [4.78, 5) is 12.5. The molecule has 1 aliphatic rings. The first-order valence-electron chi connectivity index (χ1n) is 8.67. The number of carbonyl (C=O) groups excluding carboxylic acids is 1. The van der Waals surface area contributed by atoms with E-state index in [2.05, 4.69) is 15.5 Å². The zero-order valence-electron chi connectivity index (χ0n) is 14.8. The highest BCUT2D eigenvalue weighted by Gasteiger charge is 2.30. The average Bonchev–Trinajstić information content (AvgIpc) is 3.09. The monoisotopic (exact) mass is 394 g/mol. The molecule has 1 fully saturated rings. The van der Waals surface area contributed by atoms with E-state index in [-0.39, 0.29) is 16.8 Å². The summed E-state index contributed by atoms with van der Waals surface area (Å²) >= 11 is 1.33. The fraction of sp³-hybridized carbons (Fsp3) is 0.471. The van der Waals surface area contributed by atoms with E-state index in [1.165, 1.54) is 35.6 Å². The molecule has 0 saturated carbocycles. The van der Waals surface area contributed by atoms with Crippen LogP contribution in [-0.2, 0) is 16.4 Å². The van der Waals surface area contributed by atoms with E-state index in [0.717, 1.165) is 30.7 Å². The van der Waals surface area contributed by atoms with E-state index < -0.39 is 10.0 Å². The van der Waals surface area contributed by atoms with Gasteiger partial charge >= 0.3 is 0 Å². The summed E-state index contributed by atoms with van der Waals surface area (Å²) in [5.41, 5.74) is 0.379. The first-order chi connectivity index (χ1) is 12.4. The van der Waals surface area contributed by atoms with Crippen molar-refractivity contribution in [1.82, 2.24) is 14.5 Å². The van der Waals surface area contributed by atoms with Gasteiger partial charge in [0.05, 0.1) is 4.90 Å². The van der Waals surface area contributed by atoms with Crippen LogP contribution in [0.5, 0.6) is 0 Å². The zero-order chi connectivity index (χ0) is 18.7. The second-order valence-corrected chi connectivity index (χ2v) is 9.25. The number of anilines is 1. The van der Waals surface area contributed by atoms with Crippen molar-refractivity contribution in [3.05, 3.63) is 34.8 Å². The van der Waals surface area contributed by atoms with Crippen LogP contribution in [0.3, 0.4) is 0 Å². The zero-order valence-corrected chi connectivity index (χ0v) is 16.4. The van der Waals surface area contributed by atoms with Gasteiger partial charge in [-0.25, -0.2) is 8.42 Å². The number of hydrogen-bond donors (Lipinski definition) is 1. The Morgan fingerprint density at radius 2 is 2.00 bits per heavy atom. The fourth-order valence-electron chi connectivity index (χ4n) is 2.96. The predicted octanol–water partition coefficient (Wildman–Crippen LogP) is 2.92. The van der Waals surface area contributed by atoms with Crippen LogP contribution < -0.4 is 5.32 Å². The Balaban J connectivity index is 1.74. The van der Waals surface area contributed by atoms with Gasteiger partial charge < -0.3 is 0 Å². The minimum atomic E-state index is -3.53. The Bertz CT molecular complexity index is 878. The van der Waals surface area contributed by atoms with Crippen molar-refractivity contribution >= 4 is 32.4 Å². The largest absolute Gasteiger partial charge is 0.296 e. The van der Waals surface area contributed by atoms with Crippen LogP contribution in [0.2, 0.25) is 0 Å². The van der Waals surface area contributed by atoms with Crippen molar-refractivity contribution in [2.75, 3.05) is 11.9 Å². The van der Waals surface area contributed by atoms with Gasteiger partial charge in [-0.2, -0.15) is 4.31 Å². The van der Waals surface area contributed by atoms with Crippen molar-refractivity contribution in [2.24, 2.45) is 0 Å². The Kier molecular flexibility index (Phi) is 5.69. The molecular formula is C17H22N4O3S2. The third-order valence-corrected chi connectivity index (χ3v) is 7.47. The molecule has 1 aromatic heterocycles. The average molecular weight is 395 g/mol. The van der Waals surface area contributed by atoms with Gasteiger partial charge in [-0.1, -0.05) is 24.7 Å². The van der Waals surface area contributed by atoms with E-state index >= 15 is 0 Å². The number of benzene rings is 1. The normalized spacial score (nSPS) is 18.6. The summed E-state index contributed by atoms with van der Waals surface area (Å²) in [5.74, 6) is -0.334. The molecule has 1 aromatic carbocycles. The summed E-state index contributed by atoms with van der Waals surface area (Å²) in [6.07, 6.45) is 3.57. The highest BCUT2D eigenvalue weighted by molar-refractivity contribution is 7.89. The summed E-state index contributed by atoms with van der Waals surface area (Å²) < 4.78 is 27.2. The fourth-order valence-corrected chi connectivity index (χ4v) is 5.33. The lowest BCUT2D eigenvalue weighted by Crippen LogP contribution is -2.41. The van der Waals surface area contributed by atoms with Gasteiger partial charge in [0, 0.05) is 18.2 Å². The number of nitrogens with one attached hydrogen (secondary N) is 1. The first-order valence-corrected chi connectivity index (χ1v) is 10.9. The molecule has 1 amide bonds. The second-order valence-electron chi connectivity index (χ2n) is 6.29. The maximum atomic E-state index is 12.8. The van der Waals surface area contributed by atoms with E-state index in [1.807, 2.05) is 13.8 Å². The number of piperidine rings is 1. The van der Waals surface area contributed by atoms with E-state index in [9.17, 15) is 13.2 Å². The summed E-state index contributed by atoms with van der Waals surface area (Å²) in [6.45, 7) is 4.45. The van der Waals surface area contributed by atoms with Gasteiger partial charge in [0.15, 0.2) is 0 Å². The van der Waals surface area contributed by atoms with Gasteiger partial charge in [0.2, 0.25) is 15.2 Å². The molecule has 140 valence electrons. The molecule has 9 heteroatoms. The molecule has 0 radical (unpaired) electrons. The van der Waals surface area contributed by atoms with Crippen molar-refractivity contribution in [1.29, 1.82) is 0 Å². The van der Waals surface area contributed by atoms with Crippen LogP contribution in [0.4, 0.5) is 5.13 Å². The third kappa shape index (κ3) is 3.94. The molecule has 0 bridgehead atoms. The van der Waals surface area contributed by atoms with Crippen LogP contribution in [0.1, 0.15) is 48.5 Å². The molecule has 7 nitrogen and oxygen atoms in total. The molecule has 0 aliphatic carbocycles. The standard InChI is InChI=1S/C17H22N4O3S2/c1-3-15-19-20-17(25-15)18-16(22)13-7-9-14(10-8-13)26(23,24)21-11-5-4-6-12(21)2/h7-10,12H,3-6,11H2,1-2H3,(H,18,20,22)/t12-/m1/s1. The number of carbonyl (C=O) groups is 1. The van der Waals surface area contributed by atoms with Crippen LogP contribution >= 0.6 is 11.3 Å². The topological polar surface area (TPSA) is 92.3 Å². The van der Waals surface area contributed by atoms with Crippen molar-refractivity contribution < 1.29 is 13.2 Å². The quantitative estimate of drug-likeness (QED) is 0.842. The molecule has 1 saturated heterocycles. The predicted molar refractivity (Wildman–Crippen MR) is 101 cm³/mol. The maximum absolute atomic E-state index is 12.8. The van der Waals surface area contributed by atoms with Crippen molar-refractivity contribution in [2.45, 2.75) is 50.5 Å². The minimum Gasteiger partial charge on any atom is -0.296 e. The van der Waals surface area contributed by atoms with Gasteiger partial charge in [0.25, 0.3) is 5.91 Å². The molecule has 2 aromatic rings. The maximum Gasteiger partial charge on any atom is 0.257 e.